The highest BCUT2D eigenvalue weighted by Gasteiger charge is 2.21. The number of ketones is 1. The number of benzene rings is 2. The number of hydrogen-bond donors (Lipinski definition) is 1. The molecule has 0 bridgehead atoms. The zero-order chi connectivity index (χ0) is 22.3. The fraction of sp³-hybridized carbons (Fsp3) is 0.273. The van der Waals surface area contributed by atoms with Crippen molar-refractivity contribution in [3.63, 3.8) is 0 Å². The maximum Gasteiger partial charge on any atom is 0.203 e. The Hall–Kier alpha value is -3.19. The predicted octanol–water partition coefficient (Wildman–Crippen LogP) is 4.06. The molecule has 0 amide bonds. The summed E-state index contributed by atoms with van der Waals surface area (Å²) < 4.78 is 21.1. The Morgan fingerprint density at radius 3 is 2.07 bits per heavy atom. The number of amidine groups is 1. The molecule has 2 aromatic carbocycles. The molecular weight excluding hydrogens is 408 g/mol. The summed E-state index contributed by atoms with van der Waals surface area (Å²) >= 11 is 6.14. The van der Waals surface area contributed by atoms with E-state index in [9.17, 15) is 4.79 Å². The van der Waals surface area contributed by atoms with E-state index in [0.717, 1.165) is 5.56 Å². The summed E-state index contributed by atoms with van der Waals surface area (Å²) in [6.07, 6.45) is 1.62. The minimum Gasteiger partial charge on any atom is -0.495 e. The molecule has 30 heavy (non-hydrogen) atoms. The maximum absolute atomic E-state index is 13.1. The van der Waals surface area contributed by atoms with Crippen molar-refractivity contribution >= 4 is 23.2 Å². The maximum atomic E-state index is 13.1. The first-order valence-corrected chi connectivity index (χ1v) is 9.41. The van der Waals surface area contributed by atoms with E-state index < -0.39 is 0 Å². The van der Waals surface area contributed by atoms with E-state index in [4.69, 9.17) is 36.3 Å². The summed E-state index contributed by atoms with van der Waals surface area (Å²) in [6, 6.07) is 8.47. The van der Waals surface area contributed by atoms with Gasteiger partial charge in [0, 0.05) is 5.56 Å². The smallest absolute Gasteiger partial charge is 0.203 e. The number of nitrogens with zero attached hydrogens (tertiary/aromatic N) is 1. The van der Waals surface area contributed by atoms with Crippen molar-refractivity contribution in [3.8, 4) is 23.0 Å². The van der Waals surface area contributed by atoms with E-state index in [1.165, 1.54) is 21.3 Å². The molecule has 0 radical (unpaired) electrons. The second-order valence-corrected chi connectivity index (χ2v) is 6.52. The van der Waals surface area contributed by atoms with Crippen LogP contribution in [0.2, 0.25) is 5.02 Å². The van der Waals surface area contributed by atoms with Gasteiger partial charge >= 0.3 is 0 Å². The summed E-state index contributed by atoms with van der Waals surface area (Å²) in [5, 5.41) is 0.475. The van der Waals surface area contributed by atoms with Crippen molar-refractivity contribution in [2.45, 2.75) is 13.5 Å². The van der Waals surface area contributed by atoms with Crippen LogP contribution in [-0.4, -0.2) is 40.1 Å². The first kappa shape index (κ1) is 23.1. The van der Waals surface area contributed by atoms with Crippen LogP contribution in [0.25, 0.3) is 0 Å². The van der Waals surface area contributed by atoms with Crippen LogP contribution in [0, 0.1) is 0 Å². The monoisotopic (exact) mass is 432 g/mol. The Morgan fingerprint density at radius 1 is 1.00 bits per heavy atom. The number of allylic oxidation sites excluding steroid dienone is 1. The van der Waals surface area contributed by atoms with Gasteiger partial charge < -0.3 is 24.7 Å². The normalized spacial score (nSPS) is 11.8. The summed E-state index contributed by atoms with van der Waals surface area (Å²) in [5.74, 6) is 1.52. The van der Waals surface area contributed by atoms with Gasteiger partial charge in [-0.25, -0.2) is 0 Å². The molecule has 2 N–H and O–H groups in total. The average molecular weight is 433 g/mol. The van der Waals surface area contributed by atoms with Gasteiger partial charge in [0.1, 0.15) is 11.6 Å². The molecular formula is C22H25ClN2O5. The largest absolute Gasteiger partial charge is 0.495 e. The molecule has 0 aromatic heterocycles. The third-order valence-corrected chi connectivity index (χ3v) is 4.68. The van der Waals surface area contributed by atoms with Gasteiger partial charge in [0.2, 0.25) is 5.75 Å². The third-order valence-electron chi connectivity index (χ3n) is 4.38. The standard InChI is InChI=1S/C22H25ClN2O5/c1-6-15(22(24)25-12-13-7-8-17(27-2)16(23)9-13)20(26)14-10-18(28-3)21(30-5)19(11-14)29-4/h6-11H,12H2,1-5H3,(H2,24,25)/b15-6-. The average Bonchev–Trinajstić information content (AvgIpc) is 2.76. The number of Topliss-reactive ketones (excluding diaryl/α,β-unsaturated/α-hetero) is 1. The third kappa shape index (κ3) is 5.04. The SMILES string of the molecule is C/C=C(/C(=O)c1cc(OC)c(OC)c(OC)c1)C(N)=NCc1ccc(OC)c(Cl)c1. The highest BCUT2D eigenvalue weighted by molar-refractivity contribution is 6.32. The summed E-state index contributed by atoms with van der Waals surface area (Å²) in [7, 11) is 6.01. The summed E-state index contributed by atoms with van der Waals surface area (Å²) in [5.41, 5.74) is 7.56. The highest BCUT2D eigenvalue weighted by atomic mass is 35.5. The van der Waals surface area contributed by atoms with E-state index in [1.54, 1.807) is 44.4 Å². The Kier molecular flexibility index (Phi) is 8.12. The molecule has 7 nitrogen and oxygen atoms in total. The van der Waals surface area contributed by atoms with Gasteiger partial charge in [0.15, 0.2) is 17.3 Å². The van der Waals surface area contributed by atoms with Crippen molar-refractivity contribution < 1.29 is 23.7 Å². The fourth-order valence-electron chi connectivity index (χ4n) is 2.83. The van der Waals surface area contributed by atoms with Crippen LogP contribution in [0.1, 0.15) is 22.8 Å². The lowest BCUT2D eigenvalue weighted by molar-refractivity contribution is 0.103. The van der Waals surface area contributed by atoms with Gasteiger partial charge in [-0.3, -0.25) is 9.79 Å². The van der Waals surface area contributed by atoms with Crippen LogP contribution in [-0.2, 0) is 6.54 Å². The number of aliphatic imine (C=N–C) groups is 1. The van der Waals surface area contributed by atoms with E-state index in [-0.39, 0.29) is 23.7 Å². The number of carbonyl (C=O) groups excluding carboxylic acids is 1. The first-order valence-electron chi connectivity index (χ1n) is 9.03. The van der Waals surface area contributed by atoms with Crippen LogP contribution in [0.4, 0.5) is 0 Å². The van der Waals surface area contributed by atoms with Crippen LogP contribution in [0.3, 0.4) is 0 Å². The molecule has 0 unspecified atom stereocenters. The molecule has 8 heteroatoms. The Bertz CT molecular complexity index is 960. The fourth-order valence-corrected chi connectivity index (χ4v) is 3.11. The van der Waals surface area contributed by atoms with Gasteiger partial charge in [-0.1, -0.05) is 23.7 Å². The van der Waals surface area contributed by atoms with Crippen molar-refractivity contribution in [1.29, 1.82) is 0 Å². The van der Waals surface area contributed by atoms with Crippen molar-refractivity contribution in [3.05, 3.63) is 58.1 Å². The molecule has 0 atom stereocenters. The van der Waals surface area contributed by atoms with E-state index >= 15 is 0 Å². The molecule has 0 spiro atoms. The van der Waals surface area contributed by atoms with Gasteiger partial charge in [-0.2, -0.15) is 0 Å². The molecule has 0 fully saturated rings. The minimum absolute atomic E-state index is 0.114. The summed E-state index contributed by atoms with van der Waals surface area (Å²) in [6.45, 7) is 1.98. The highest BCUT2D eigenvalue weighted by Crippen LogP contribution is 2.38. The van der Waals surface area contributed by atoms with Gasteiger partial charge in [0.05, 0.1) is 45.6 Å². The number of methoxy groups -OCH3 is 4. The van der Waals surface area contributed by atoms with Crippen molar-refractivity contribution in [1.82, 2.24) is 0 Å². The van der Waals surface area contributed by atoms with Crippen LogP contribution >= 0.6 is 11.6 Å². The van der Waals surface area contributed by atoms with Crippen LogP contribution in [0.5, 0.6) is 23.0 Å². The van der Waals surface area contributed by atoms with Crippen LogP contribution < -0.4 is 24.7 Å². The number of rotatable bonds is 9. The second kappa shape index (κ2) is 10.5. The van der Waals surface area contributed by atoms with E-state index in [0.29, 0.717) is 33.6 Å². The lowest BCUT2D eigenvalue weighted by Crippen LogP contribution is -2.22. The number of halogens is 1. The van der Waals surface area contributed by atoms with Gasteiger partial charge in [0.25, 0.3) is 0 Å². The number of carbonyl (C=O) groups is 1. The molecule has 0 saturated heterocycles. The number of ether oxygens (including phenoxy) is 4. The van der Waals surface area contributed by atoms with Crippen LogP contribution in [0.15, 0.2) is 47.0 Å². The van der Waals surface area contributed by atoms with E-state index in [1.807, 2.05) is 6.07 Å². The quantitative estimate of drug-likeness (QED) is 0.278. The Morgan fingerprint density at radius 2 is 1.60 bits per heavy atom. The van der Waals surface area contributed by atoms with Gasteiger partial charge in [-0.05, 0) is 36.8 Å². The minimum atomic E-state index is -0.314. The van der Waals surface area contributed by atoms with E-state index in [2.05, 4.69) is 4.99 Å². The molecule has 0 aliphatic heterocycles. The first-order chi connectivity index (χ1) is 14.4. The van der Waals surface area contributed by atoms with Gasteiger partial charge in [-0.15, -0.1) is 0 Å². The Balaban J connectivity index is 2.31. The molecule has 2 rings (SSSR count). The predicted molar refractivity (Wildman–Crippen MR) is 118 cm³/mol. The Labute approximate surface area is 181 Å². The van der Waals surface area contributed by atoms with Crippen molar-refractivity contribution in [2.24, 2.45) is 10.7 Å². The lowest BCUT2D eigenvalue weighted by Gasteiger charge is -2.14. The number of nitrogens with two attached hydrogens (primary N) is 1. The summed E-state index contributed by atoms with van der Waals surface area (Å²) in [4.78, 5) is 17.4. The second-order valence-electron chi connectivity index (χ2n) is 6.12. The molecule has 0 aliphatic rings. The molecule has 2 aromatic rings. The lowest BCUT2D eigenvalue weighted by atomic mass is 10.0. The molecule has 0 saturated carbocycles. The van der Waals surface area contributed by atoms with Crippen molar-refractivity contribution in [2.75, 3.05) is 28.4 Å². The number of hydrogen-bond acceptors (Lipinski definition) is 6. The molecule has 160 valence electrons. The zero-order valence-electron chi connectivity index (χ0n) is 17.6. The molecule has 0 heterocycles. The molecule has 0 aliphatic carbocycles. The zero-order valence-corrected chi connectivity index (χ0v) is 18.4. The topological polar surface area (TPSA) is 92.4 Å².